The molecule has 0 fully saturated rings. The van der Waals surface area contributed by atoms with Gasteiger partial charge < -0.3 is 10.2 Å². The minimum absolute atomic E-state index is 0.259. The van der Waals surface area contributed by atoms with Gasteiger partial charge in [-0.1, -0.05) is 37.3 Å². The van der Waals surface area contributed by atoms with E-state index in [1.807, 2.05) is 0 Å². The van der Waals surface area contributed by atoms with Crippen molar-refractivity contribution < 1.29 is 10.2 Å². The zero-order valence-electron chi connectivity index (χ0n) is 9.67. The number of unbranched alkanes of at least 4 members (excludes halogenated alkanes) is 3. The number of halogens is 1. The molecule has 0 saturated carbocycles. The molecule has 2 N–H and O–H groups in total. The van der Waals surface area contributed by atoms with Gasteiger partial charge in [0.15, 0.2) is 0 Å². The molecule has 90 valence electrons. The van der Waals surface area contributed by atoms with Crippen LogP contribution in [0.5, 0.6) is 0 Å². The van der Waals surface area contributed by atoms with Gasteiger partial charge in [0.05, 0.1) is 11.7 Å². The molecular formula is C13H19ClO2. The van der Waals surface area contributed by atoms with Gasteiger partial charge in [0, 0.05) is 24.3 Å². The van der Waals surface area contributed by atoms with Gasteiger partial charge in [-0.3, -0.25) is 0 Å². The Morgan fingerprint density at radius 1 is 1.50 bits per heavy atom. The van der Waals surface area contributed by atoms with E-state index in [9.17, 15) is 10.2 Å². The molecule has 2 atom stereocenters. The highest BCUT2D eigenvalue weighted by Gasteiger charge is 2.35. The van der Waals surface area contributed by atoms with Crippen LogP contribution in [-0.4, -0.2) is 21.9 Å². The molecule has 0 amide bonds. The van der Waals surface area contributed by atoms with Crippen molar-refractivity contribution in [3.63, 3.8) is 0 Å². The number of aliphatic hydroxyl groups is 2. The predicted molar refractivity (Wildman–Crippen MR) is 66.0 cm³/mol. The average Bonchev–Trinajstić information content (AvgIpc) is 2.47. The van der Waals surface area contributed by atoms with Crippen molar-refractivity contribution in [3.8, 4) is 11.8 Å². The van der Waals surface area contributed by atoms with Gasteiger partial charge >= 0.3 is 0 Å². The maximum Gasteiger partial charge on any atom is 0.0979 e. The first kappa shape index (κ1) is 13.6. The molecule has 0 spiro atoms. The molecular weight excluding hydrogens is 224 g/mol. The lowest BCUT2D eigenvalue weighted by molar-refractivity contribution is 0.0621. The predicted octanol–water partition coefficient (Wildman–Crippen LogP) is 2.58. The summed E-state index contributed by atoms with van der Waals surface area (Å²) in [6.07, 6.45) is 5.78. The Kier molecular flexibility index (Phi) is 5.34. The van der Waals surface area contributed by atoms with Crippen molar-refractivity contribution in [2.45, 2.75) is 57.2 Å². The molecule has 1 rings (SSSR count). The number of hydrogen-bond donors (Lipinski definition) is 2. The van der Waals surface area contributed by atoms with Crippen LogP contribution in [0.4, 0.5) is 0 Å². The van der Waals surface area contributed by atoms with E-state index < -0.39 is 11.7 Å². The normalized spacial score (nSPS) is 28.5. The lowest BCUT2D eigenvalue weighted by Gasteiger charge is -2.16. The van der Waals surface area contributed by atoms with E-state index >= 15 is 0 Å². The van der Waals surface area contributed by atoms with Crippen LogP contribution < -0.4 is 0 Å². The van der Waals surface area contributed by atoms with Crippen LogP contribution in [0.1, 0.15) is 45.4 Å². The van der Waals surface area contributed by atoms with Crippen molar-refractivity contribution in [3.05, 3.63) is 11.1 Å². The van der Waals surface area contributed by atoms with Crippen molar-refractivity contribution >= 4 is 11.6 Å². The van der Waals surface area contributed by atoms with Crippen LogP contribution in [0.3, 0.4) is 0 Å². The first-order valence-electron chi connectivity index (χ1n) is 5.82. The molecule has 0 bridgehead atoms. The molecule has 0 aromatic rings. The van der Waals surface area contributed by atoms with Gasteiger partial charge in [-0.25, -0.2) is 0 Å². The molecule has 0 saturated heterocycles. The summed E-state index contributed by atoms with van der Waals surface area (Å²) in [6, 6.07) is 0. The quantitative estimate of drug-likeness (QED) is 0.588. The molecule has 3 heteroatoms. The number of rotatable bonds is 4. The van der Waals surface area contributed by atoms with Crippen LogP contribution in [-0.2, 0) is 0 Å². The van der Waals surface area contributed by atoms with E-state index in [1.165, 1.54) is 18.9 Å². The Morgan fingerprint density at radius 2 is 2.25 bits per heavy atom. The fourth-order valence-corrected chi connectivity index (χ4v) is 2.01. The van der Waals surface area contributed by atoms with E-state index in [2.05, 4.69) is 18.8 Å². The second-order valence-corrected chi connectivity index (χ2v) is 4.78. The Hall–Kier alpha value is -0.490. The second-order valence-electron chi connectivity index (χ2n) is 4.34. The molecule has 0 radical (unpaired) electrons. The topological polar surface area (TPSA) is 40.5 Å². The van der Waals surface area contributed by atoms with Gasteiger partial charge in [-0.15, -0.1) is 5.92 Å². The summed E-state index contributed by atoms with van der Waals surface area (Å²) in [5.41, 5.74) is -1.03. The molecule has 0 aromatic heterocycles. The third-order valence-corrected chi connectivity index (χ3v) is 3.06. The van der Waals surface area contributed by atoms with Crippen LogP contribution in [0.2, 0.25) is 0 Å². The standard InChI is InChI=1S/C13H19ClO2/c1-2-3-4-5-6-7-8-13(16)9-11(14)12(15)10-13/h9,12,15-16H,2-5,8,10H2,1H3. The fraction of sp³-hybridized carbons (Fsp3) is 0.692. The molecule has 2 unspecified atom stereocenters. The number of hydrogen-bond acceptors (Lipinski definition) is 2. The highest BCUT2D eigenvalue weighted by atomic mass is 35.5. The molecule has 16 heavy (non-hydrogen) atoms. The first-order valence-corrected chi connectivity index (χ1v) is 6.19. The summed E-state index contributed by atoms with van der Waals surface area (Å²) in [5, 5.41) is 19.7. The van der Waals surface area contributed by atoms with E-state index in [1.54, 1.807) is 0 Å². The summed E-state index contributed by atoms with van der Waals surface area (Å²) >= 11 is 5.73. The van der Waals surface area contributed by atoms with Crippen molar-refractivity contribution in [1.82, 2.24) is 0 Å². The highest BCUT2D eigenvalue weighted by molar-refractivity contribution is 6.30. The SMILES string of the molecule is CCCCCC#CCC1(O)C=C(Cl)C(O)C1. The minimum Gasteiger partial charge on any atom is -0.387 e. The van der Waals surface area contributed by atoms with E-state index in [0.717, 1.165) is 12.8 Å². The van der Waals surface area contributed by atoms with Crippen LogP contribution in [0, 0.1) is 11.8 Å². The van der Waals surface area contributed by atoms with E-state index in [0.29, 0.717) is 11.5 Å². The average molecular weight is 243 g/mol. The molecule has 0 aliphatic heterocycles. The Morgan fingerprint density at radius 3 is 2.81 bits per heavy atom. The monoisotopic (exact) mass is 242 g/mol. The van der Waals surface area contributed by atoms with Crippen molar-refractivity contribution in [1.29, 1.82) is 0 Å². The maximum atomic E-state index is 10.0. The zero-order valence-corrected chi connectivity index (χ0v) is 10.4. The largest absolute Gasteiger partial charge is 0.387 e. The van der Waals surface area contributed by atoms with Crippen molar-refractivity contribution in [2.75, 3.05) is 0 Å². The Bertz CT molecular complexity index is 314. The van der Waals surface area contributed by atoms with Gasteiger partial charge in [-0.2, -0.15) is 0 Å². The summed E-state index contributed by atoms with van der Waals surface area (Å²) in [4.78, 5) is 0. The first-order chi connectivity index (χ1) is 7.57. The van der Waals surface area contributed by atoms with E-state index in [4.69, 9.17) is 11.6 Å². The van der Waals surface area contributed by atoms with Gasteiger partial charge in [0.2, 0.25) is 0 Å². The van der Waals surface area contributed by atoms with Crippen molar-refractivity contribution in [2.24, 2.45) is 0 Å². The summed E-state index contributed by atoms with van der Waals surface area (Å²) in [5.74, 6) is 5.99. The lowest BCUT2D eigenvalue weighted by Crippen LogP contribution is -2.24. The van der Waals surface area contributed by atoms with Gasteiger partial charge in [0.1, 0.15) is 0 Å². The lowest BCUT2D eigenvalue weighted by atomic mass is 9.99. The smallest absolute Gasteiger partial charge is 0.0979 e. The molecule has 1 aliphatic carbocycles. The van der Waals surface area contributed by atoms with Crippen LogP contribution >= 0.6 is 11.6 Å². The summed E-state index contributed by atoms with van der Waals surface area (Å²) < 4.78 is 0. The Labute approximate surface area is 102 Å². The Balaban J connectivity index is 2.32. The van der Waals surface area contributed by atoms with Crippen LogP contribution in [0.15, 0.2) is 11.1 Å². The maximum absolute atomic E-state index is 10.0. The fourth-order valence-electron chi connectivity index (χ4n) is 1.73. The highest BCUT2D eigenvalue weighted by Crippen LogP contribution is 2.32. The zero-order chi connectivity index (χ0) is 12.0. The molecule has 0 heterocycles. The summed E-state index contributed by atoms with van der Waals surface area (Å²) in [6.45, 7) is 2.16. The minimum atomic E-state index is -1.03. The third-order valence-electron chi connectivity index (χ3n) is 2.70. The van der Waals surface area contributed by atoms with Gasteiger partial charge in [-0.05, 0) is 12.5 Å². The molecule has 1 aliphatic rings. The second kappa shape index (κ2) is 6.30. The number of aliphatic hydroxyl groups excluding tert-OH is 1. The molecule has 0 aromatic carbocycles. The summed E-state index contributed by atoms with van der Waals surface area (Å²) in [7, 11) is 0. The third kappa shape index (κ3) is 4.17. The molecule has 2 nitrogen and oxygen atoms in total. The van der Waals surface area contributed by atoms with Crippen LogP contribution in [0.25, 0.3) is 0 Å². The van der Waals surface area contributed by atoms with E-state index in [-0.39, 0.29) is 6.42 Å². The van der Waals surface area contributed by atoms with Gasteiger partial charge in [0.25, 0.3) is 0 Å².